The molecule has 122 valence electrons. The lowest BCUT2D eigenvalue weighted by Crippen LogP contribution is -2.43. The van der Waals surface area contributed by atoms with Gasteiger partial charge in [0.05, 0.1) is 5.60 Å². The van der Waals surface area contributed by atoms with Gasteiger partial charge in [-0.2, -0.15) is 0 Å². The summed E-state index contributed by atoms with van der Waals surface area (Å²) in [4.78, 5) is 2.31. The largest absolute Gasteiger partial charge is 0.390 e. The molecule has 1 atom stereocenters. The minimum absolute atomic E-state index is 0.430. The van der Waals surface area contributed by atoms with Crippen molar-refractivity contribution >= 4 is 0 Å². The van der Waals surface area contributed by atoms with Crippen LogP contribution in [-0.4, -0.2) is 35.7 Å². The average Bonchev–Trinajstić information content (AvgIpc) is 2.43. The summed E-state index contributed by atoms with van der Waals surface area (Å²) in [6.45, 7) is 11.0. The van der Waals surface area contributed by atoms with Crippen LogP contribution in [0.2, 0.25) is 0 Å². The molecule has 0 aromatic carbocycles. The van der Waals surface area contributed by atoms with Crippen LogP contribution in [-0.2, 0) is 0 Å². The third kappa shape index (κ3) is 6.36. The van der Waals surface area contributed by atoms with Gasteiger partial charge in [-0.05, 0) is 64.0 Å². The summed E-state index contributed by atoms with van der Waals surface area (Å²) in [6.07, 6.45) is 10.8. The zero-order valence-electron chi connectivity index (χ0n) is 14.8. The van der Waals surface area contributed by atoms with Crippen molar-refractivity contribution in [3.05, 3.63) is 23.3 Å². The summed E-state index contributed by atoms with van der Waals surface area (Å²) < 4.78 is 0. The Bertz CT molecular complexity index is 362. The van der Waals surface area contributed by atoms with Gasteiger partial charge < -0.3 is 10.0 Å². The number of allylic oxidation sites excluding steroid dienone is 4. The molecule has 0 spiro atoms. The standard InChI is InChI=1S/C19H35NO/c1-6-8-17(4)18(7-2)10-9-16(3)15-19(21)11-13-20(5)14-12-19/h8,10,16,21H,6-7,9,11-15H2,1-5H3/b17-8+,18-10+. The Morgan fingerprint density at radius 3 is 2.38 bits per heavy atom. The van der Waals surface area contributed by atoms with Crippen molar-refractivity contribution in [2.24, 2.45) is 5.92 Å². The van der Waals surface area contributed by atoms with Crippen LogP contribution in [0.3, 0.4) is 0 Å². The molecule has 1 unspecified atom stereocenters. The molecule has 2 nitrogen and oxygen atoms in total. The predicted octanol–water partition coefficient (Wildman–Crippen LogP) is 4.55. The number of hydrogen-bond acceptors (Lipinski definition) is 2. The Morgan fingerprint density at radius 1 is 1.24 bits per heavy atom. The molecule has 1 aliphatic rings. The molecule has 0 bridgehead atoms. The van der Waals surface area contributed by atoms with Gasteiger partial charge >= 0.3 is 0 Å². The van der Waals surface area contributed by atoms with Crippen molar-refractivity contribution in [2.75, 3.05) is 20.1 Å². The first-order valence-corrected chi connectivity index (χ1v) is 8.67. The van der Waals surface area contributed by atoms with Gasteiger partial charge in [0.2, 0.25) is 0 Å². The zero-order valence-corrected chi connectivity index (χ0v) is 14.8. The summed E-state index contributed by atoms with van der Waals surface area (Å²) >= 11 is 0. The fourth-order valence-electron chi connectivity index (χ4n) is 3.34. The van der Waals surface area contributed by atoms with Crippen molar-refractivity contribution in [3.8, 4) is 0 Å². The van der Waals surface area contributed by atoms with Gasteiger partial charge in [-0.3, -0.25) is 0 Å². The van der Waals surface area contributed by atoms with Gasteiger partial charge in [0, 0.05) is 13.1 Å². The lowest BCUT2D eigenvalue weighted by molar-refractivity contribution is -0.0324. The van der Waals surface area contributed by atoms with E-state index in [1.165, 1.54) is 11.1 Å². The van der Waals surface area contributed by atoms with Gasteiger partial charge in [-0.1, -0.05) is 38.5 Å². The maximum atomic E-state index is 10.7. The van der Waals surface area contributed by atoms with Crippen molar-refractivity contribution in [1.29, 1.82) is 0 Å². The lowest BCUT2D eigenvalue weighted by atomic mass is 9.82. The van der Waals surface area contributed by atoms with E-state index < -0.39 is 5.60 Å². The molecular weight excluding hydrogens is 258 g/mol. The molecular formula is C19H35NO. The molecule has 0 radical (unpaired) electrons. The normalized spacial score (nSPS) is 22.4. The van der Waals surface area contributed by atoms with Crippen LogP contribution in [0.5, 0.6) is 0 Å². The summed E-state index contributed by atoms with van der Waals surface area (Å²) in [5.74, 6) is 0.550. The van der Waals surface area contributed by atoms with Gasteiger partial charge in [0.15, 0.2) is 0 Å². The summed E-state index contributed by atoms with van der Waals surface area (Å²) in [5.41, 5.74) is 2.46. The Labute approximate surface area is 131 Å². The second-order valence-corrected chi connectivity index (χ2v) is 6.95. The molecule has 21 heavy (non-hydrogen) atoms. The molecule has 1 aliphatic heterocycles. The quantitative estimate of drug-likeness (QED) is 0.696. The van der Waals surface area contributed by atoms with Crippen molar-refractivity contribution in [2.45, 2.75) is 71.8 Å². The lowest BCUT2D eigenvalue weighted by Gasteiger charge is -2.38. The highest BCUT2D eigenvalue weighted by Gasteiger charge is 2.32. The first-order chi connectivity index (χ1) is 9.90. The van der Waals surface area contributed by atoms with Crippen LogP contribution in [0.1, 0.15) is 66.2 Å². The smallest absolute Gasteiger partial charge is 0.0674 e. The van der Waals surface area contributed by atoms with Crippen LogP contribution < -0.4 is 0 Å². The van der Waals surface area contributed by atoms with Crippen LogP contribution >= 0.6 is 0 Å². The number of nitrogens with zero attached hydrogens (tertiary/aromatic N) is 1. The van der Waals surface area contributed by atoms with Crippen LogP contribution in [0.4, 0.5) is 0 Å². The van der Waals surface area contributed by atoms with E-state index in [0.717, 1.165) is 51.6 Å². The van der Waals surface area contributed by atoms with E-state index in [0.29, 0.717) is 5.92 Å². The van der Waals surface area contributed by atoms with E-state index in [9.17, 15) is 5.11 Å². The molecule has 1 rings (SSSR count). The van der Waals surface area contributed by atoms with E-state index in [1.807, 2.05) is 0 Å². The van der Waals surface area contributed by atoms with Crippen LogP contribution in [0.25, 0.3) is 0 Å². The summed E-state index contributed by atoms with van der Waals surface area (Å²) in [7, 11) is 2.14. The van der Waals surface area contributed by atoms with Crippen molar-refractivity contribution in [1.82, 2.24) is 4.90 Å². The Morgan fingerprint density at radius 2 is 1.86 bits per heavy atom. The molecule has 0 aromatic rings. The van der Waals surface area contributed by atoms with Gasteiger partial charge in [0.25, 0.3) is 0 Å². The highest BCUT2D eigenvalue weighted by atomic mass is 16.3. The molecule has 2 heteroatoms. The second kappa shape index (κ2) is 8.75. The van der Waals surface area contributed by atoms with Gasteiger partial charge in [0.1, 0.15) is 0 Å². The minimum Gasteiger partial charge on any atom is -0.390 e. The van der Waals surface area contributed by atoms with Crippen LogP contribution in [0, 0.1) is 5.92 Å². The molecule has 1 fully saturated rings. The maximum absolute atomic E-state index is 10.7. The average molecular weight is 293 g/mol. The molecule has 1 N–H and O–H groups in total. The zero-order chi connectivity index (χ0) is 15.9. The third-order valence-electron chi connectivity index (χ3n) is 4.81. The van der Waals surface area contributed by atoms with E-state index >= 15 is 0 Å². The Balaban J connectivity index is 2.52. The molecule has 0 saturated carbocycles. The molecule has 0 aromatic heterocycles. The topological polar surface area (TPSA) is 23.5 Å². The summed E-state index contributed by atoms with van der Waals surface area (Å²) in [5, 5.41) is 10.7. The summed E-state index contributed by atoms with van der Waals surface area (Å²) in [6, 6.07) is 0. The number of rotatable bonds is 7. The first-order valence-electron chi connectivity index (χ1n) is 8.67. The maximum Gasteiger partial charge on any atom is 0.0674 e. The van der Waals surface area contributed by atoms with E-state index in [1.54, 1.807) is 0 Å². The molecule has 1 saturated heterocycles. The van der Waals surface area contributed by atoms with Crippen molar-refractivity contribution in [3.63, 3.8) is 0 Å². The number of piperidine rings is 1. The van der Waals surface area contributed by atoms with Gasteiger partial charge in [-0.15, -0.1) is 0 Å². The van der Waals surface area contributed by atoms with Crippen molar-refractivity contribution < 1.29 is 5.11 Å². The number of hydrogen-bond donors (Lipinski definition) is 1. The van der Waals surface area contributed by atoms with Gasteiger partial charge in [-0.25, -0.2) is 0 Å². The monoisotopic (exact) mass is 293 g/mol. The fourth-order valence-corrected chi connectivity index (χ4v) is 3.34. The number of likely N-dealkylation sites (tertiary alicyclic amines) is 1. The first kappa shape index (κ1) is 18.4. The number of aliphatic hydroxyl groups is 1. The van der Waals surface area contributed by atoms with E-state index in [4.69, 9.17) is 0 Å². The van der Waals surface area contributed by atoms with E-state index in [-0.39, 0.29) is 0 Å². The predicted molar refractivity (Wildman–Crippen MR) is 92.5 cm³/mol. The van der Waals surface area contributed by atoms with Crippen LogP contribution in [0.15, 0.2) is 23.3 Å². The molecule has 1 heterocycles. The Hall–Kier alpha value is -0.600. The highest BCUT2D eigenvalue weighted by molar-refractivity contribution is 5.28. The third-order valence-corrected chi connectivity index (χ3v) is 4.81. The SMILES string of the molecule is CC/C=C(C)/C(=C/CC(C)CC1(O)CCN(C)CC1)CC. The fraction of sp³-hybridized carbons (Fsp3) is 0.789. The van der Waals surface area contributed by atoms with E-state index in [2.05, 4.69) is 51.8 Å². The molecule has 0 aliphatic carbocycles. The second-order valence-electron chi connectivity index (χ2n) is 6.95. The highest BCUT2D eigenvalue weighted by Crippen LogP contribution is 2.30. The minimum atomic E-state index is -0.430. The molecule has 0 amide bonds. The Kier molecular flexibility index (Phi) is 7.69.